The lowest BCUT2D eigenvalue weighted by atomic mass is 9.91. The first-order valence-corrected chi connectivity index (χ1v) is 7.92. The lowest BCUT2D eigenvalue weighted by molar-refractivity contribution is 0.180. The Hall–Kier alpha value is -0.380. The Bertz CT molecular complexity index is 345. The minimum atomic E-state index is 0.251. The highest BCUT2D eigenvalue weighted by molar-refractivity contribution is 7.10. The Kier molecular flexibility index (Phi) is 4.82. The maximum atomic E-state index is 3.68. The van der Waals surface area contributed by atoms with Crippen LogP contribution in [-0.4, -0.2) is 37.6 Å². The minimum absolute atomic E-state index is 0.251. The predicted molar refractivity (Wildman–Crippen MR) is 80.5 cm³/mol. The van der Waals surface area contributed by atoms with E-state index in [1.165, 1.54) is 30.7 Å². The fourth-order valence-corrected chi connectivity index (χ4v) is 3.56. The SMILES string of the molecule is CN1CCCCC1CNCC(C)(C)c1cccs1. The van der Waals surface area contributed by atoms with Gasteiger partial charge >= 0.3 is 0 Å². The molecule has 2 nitrogen and oxygen atoms in total. The number of likely N-dealkylation sites (tertiary alicyclic amines) is 1. The lowest BCUT2D eigenvalue weighted by Gasteiger charge is -2.33. The summed E-state index contributed by atoms with van der Waals surface area (Å²) in [7, 11) is 2.26. The van der Waals surface area contributed by atoms with Crippen LogP contribution in [0.3, 0.4) is 0 Å². The maximum absolute atomic E-state index is 3.68. The van der Waals surface area contributed by atoms with Crippen molar-refractivity contribution in [2.75, 3.05) is 26.7 Å². The zero-order valence-corrected chi connectivity index (χ0v) is 12.7. The van der Waals surface area contributed by atoms with Gasteiger partial charge in [-0.1, -0.05) is 26.3 Å². The van der Waals surface area contributed by atoms with E-state index in [-0.39, 0.29) is 5.41 Å². The molecule has 0 amide bonds. The third kappa shape index (κ3) is 3.56. The van der Waals surface area contributed by atoms with Crippen molar-refractivity contribution in [2.45, 2.75) is 44.6 Å². The van der Waals surface area contributed by atoms with Crippen molar-refractivity contribution in [2.24, 2.45) is 0 Å². The van der Waals surface area contributed by atoms with Crippen molar-refractivity contribution in [1.29, 1.82) is 0 Å². The first-order valence-electron chi connectivity index (χ1n) is 7.04. The summed E-state index contributed by atoms with van der Waals surface area (Å²) < 4.78 is 0. The summed E-state index contributed by atoms with van der Waals surface area (Å²) in [6.45, 7) is 8.12. The molecule has 0 bridgehead atoms. The van der Waals surface area contributed by atoms with Gasteiger partial charge in [-0.05, 0) is 37.9 Å². The molecule has 1 aromatic rings. The summed E-state index contributed by atoms with van der Waals surface area (Å²) >= 11 is 1.87. The summed E-state index contributed by atoms with van der Waals surface area (Å²) in [5.41, 5.74) is 0.251. The molecule has 0 aliphatic carbocycles. The fourth-order valence-electron chi connectivity index (χ4n) is 2.70. The number of hydrogen-bond acceptors (Lipinski definition) is 3. The molecule has 0 aromatic carbocycles. The number of likely N-dealkylation sites (N-methyl/N-ethyl adjacent to an activating group) is 1. The van der Waals surface area contributed by atoms with Crippen molar-refractivity contribution < 1.29 is 0 Å². The molecule has 1 saturated heterocycles. The average Bonchev–Trinajstić information content (AvgIpc) is 2.86. The number of nitrogens with one attached hydrogen (secondary N) is 1. The number of nitrogens with zero attached hydrogens (tertiary/aromatic N) is 1. The summed E-state index contributed by atoms with van der Waals surface area (Å²) in [6, 6.07) is 5.13. The standard InChI is InChI=1S/C15H26N2S/c1-15(2,14-8-6-10-18-14)12-16-11-13-7-4-5-9-17(13)3/h6,8,10,13,16H,4-5,7,9,11-12H2,1-3H3. The third-order valence-electron chi connectivity index (χ3n) is 4.06. The minimum Gasteiger partial charge on any atom is -0.314 e. The highest BCUT2D eigenvalue weighted by atomic mass is 32.1. The monoisotopic (exact) mass is 266 g/mol. The van der Waals surface area contributed by atoms with E-state index in [2.05, 4.69) is 48.6 Å². The van der Waals surface area contributed by atoms with Crippen molar-refractivity contribution in [1.82, 2.24) is 10.2 Å². The van der Waals surface area contributed by atoms with E-state index >= 15 is 0 Å². The van der Waals surface area contributed by atoms with Crippen LogP contribution in [0.25, 0.3) is 0 Å². The van der Waals surface area contributed by atoms with E-state index in [0.717, 1.165) is 19.1 Å². The van der Waals surface area contributed by atoms with Crippen molar-refractivity contribution in [3.8, 4) is 0 Å². The number of piperidine rings is 1. The molecule has 3 heteroatoms. The molecule has 1 unspecified atom stereocenters. The van der Waals surface area contributed by atoms with Crippen LogP contribution in [0.1, 0.15) is 38.0 Å². The van der Waals surface area contributed by atoms with Gasteiger partial charge in [-0.2, -0.15) is 0 Å². The van der Waals surface area contributed by atoms with Crippen LogP contribution in [0.5, 0.6) is 0 Å². The van der Waals surface area contributed by atoms with Crippen LogP contribution < -0.4 is 5.32 Å². The van der Waals surface area contributed by atoms with Crippen LogP contribution in [-0.2, 0) is 5.41 Å². The van der Waals surface area contributed by atoms with E-state index in [0.29, 0.717) is 0 Å². The second-order valence-electron chi connectivity index (χ2n) is 6.12. The van der Waals surface area contributed by atoms with Crippen LogP contribution in [0.2, 0.25) is 0 Å². The van der Waals surface area contributed by atoms with Gasteiger partial charge in [0.15, 0.2) is 0 Å². The van der Waals surface area contributed by atoms with Crippen LogP contribution >= 0.6 is 11.3 Å². The fraction of sp³-hybridized carbons (Fsp3) is 0.733. The molecular formula is C15H26N2S. The summed E-state index contributed by atoms with van der Waals surface area (Å²) in [5.74, 6) is 0. The number of rotatable bonds is 5. The van der Waals surface area contributed by atoms with Gasteiger partial charge < -0.3 is 10.2 Å². The first-order chi connectivity index (χ1) is 8.59. The Labute approximate surface area is 115 Å². The molecule has 2 rings (SSSR count). The second-order valence-corrected chi connectivity index (χ2v) is 7.07. The maximum Gasteiger partial charge on any atom is 0.0217 e. The molecule has 1 fully saturated rings. The van der Waals surface area contributed by atoms with Crippen molar-refractivity contribution in [3.63, 3.8) is 0 Å². The highest BCUT2D eigenvalue weighted by Crippen LogP contribution is 2.26. The van der Waals surface area contributed by atoms with E-state index in [1.54, 1.807) is 0 Å². The van der Waals surface area contributed by atoms with Gasteiger partial charge in [0.1, 0.15) is 0 Å². The zero-order chi connectivity index (χ0) is 13.0. The molecule has 18 heavy (non-hydrogen) atoms. The van der Waals surface area contributed by atoms with E-state index in [9.17, 15) is 0 Å². The molecule has 1 aliphatic rings. The molecule has 1 atom stereocenters. The molecule has 1 aromatic heterocycles. The van der Waals surface area contributed by atoms with Crippen molar-refractivity contribution >= 4 is 11.3 Å². The van der Waals surface area contributed by atoms with E-state index in [1.807, 2.05) is 11.3 Å². The molecule has 0 saturated carbocycles. The largest absolute Gasteiger partial charge is 0.314 e. The van der Waals surface area contributed by atoms with Gasteiger partial charge in [-0.3, -0.25) is 0 Å². The van der Waals surface area contributed by atoms with E-state index in [4.69, 9.17) is 0 Å². The van der Waals surface area contributed by atoms with E-state index < -0.39 is 0 Å². The highest BCUT2D eigenvalue weighted by Gasteiger charge is 2.23. The van der Waals surface area contributed by atoms with Crippen LogP contribution in [0, 0.1) is 0 Å². The Morgan fingerprint density at radius 3 is 2.94 bits per heavy atom. The topological polar surface area (TPSA) is 15.3 Å². The van der Waals surface area contributed by atoms with Gasteiger partial charge in [0.05, 0.1) is 0 Å². The lowest BCUT2D eigenvalue weighted by Crippen LogP contribution is -2.45. The van der Waals surface area contributed by atoms with Gasteiger partial charge in [0.25, 0.3) is 0 Å². The quantitative estimate of drug-likeness (QED) is 0.881. The summed E-state index contributed by atoms with van der Waals surface area (Å²) in [4.78, 5) is 3.99. The molecule has 1 aliphatic heterocycles. The third-order valence-corrected chi connectivity index (χ3v) is 5.29. The Morgan fingerprint density at radius 2 is 2.28 bits per heavy atom. The molecular weight excluding hydrogens is 240 g/mol. The molecule has 0 spiro atoms. The zero-order valence-electron chi connectivity index (χ0n) is 11.9. The Morgan fingerprint density at radius 1 is 1.44 bits per heavy atom. The summed E-state index contributed by atoms with van der Waals surface area (Å²) in [5, 5.41) is 5.85. The normalized spacial score (nSPS) is 22.3. The van der Waals surface area contributed by atoms with Crippen molar-refractivity contribution in [3.05, 3.63) is 22.4 Å². The smallest absolute Gasteiger partial charge is 0.0217 e. The van der Waals surface area contributed by atoms with Gasteiger partial charge in [0.2, 0.25) is 0 Å². The molecule has 0 radical (unpaired) electrons. The molecule has 1 N–H and O–H groups in total. The molecule has 2 heterocycles. The summed E-state index contributed by atoms with van der Waals surface area (Å²) in [6.07, 6.45) is 4.11. The van der Waals surface area contributed by atoms with Gasteiger partial charge in [0, 0.05) is 29.4 Å². The van der Waals surface area contributed by atoms with Crippen LogP contribution in [0.4, 0.5) is 0 Å². The predicted octanol–water partition coefficient (Wildman–Crippen LogP) is 3.10. The second kappa shape index (κ2) is 6.18. The average molecular weight is 266 g/mol. The van der Waals surface area contributed by atoms with Gasteiger partial charge in [-0.25, -0.2) is 0 Å². The number of thiophene rings is 1. The number of hydrogen-bond donors (Lipinski definition) is 1. The first kappa shape index (κ1) is 14.0. The van der Waals surface area contributed by atoms with Crippen LogP contribution in [0.15, 0.2) is 17.5 Å². The Balaban J connectivity index is 1.77. The molecule has 102 valence electrons. The van der Waals surface area contributed by atoms with Gasteiger partial charge in [-0.15, -0.1) is 11.3 Å².